The lowest BCUT2D eigenvalue weighted by Gasteiger charge is -1.98. The van der Waals surface area contributed by atoms with Gasteiger partial charge in [-0.05, 0) is 17.7 Å². The molecule has 2 aromatic heterocycles. The Morgan fingerprint density at radius 1 is 0.955 bits per heavy atom. The Labute approximate surface area is 132 Å². The molecule has 2 aromatic carbocycles. The van der Waals surface area contributed by atoms with Crippen molar-refractivity contribution in [3.05, 3.63) is 71.0 Å². The van der Waals surface area contributed by atoms with Crippen LogP contribution in [0.3, 0.4) is 0 Å². The van der Waals surface area contributed by atoms with Gasteiger partial charge in [0, 0.05) is 6.07 Å². The third-order valence-electron chi connectivity index (χ3n) is 3.39. The van der Waals surface area contributed by atoms with Crippen molar-refractivity contribution in [3.63, 3.8) is 0 Å². The topological polar surface area (TPSA) is 66.5 Å². The van der Waals surface area contributed by atoms with Crippen molar-refractivity contribution in [2.45, 2.75) is 0 Å². The molecule has 0 radical (unpaired) electrons. The maximum atomic E-state index is 12.2. The van der Waals surface area contributed by atoms with E-state index in [4.69, 9.17) is 0 Å². The number of halogens is 1. The Morgan fingerprint density at radius 2 is 1.68 bits per heavy atom. The zero-order valence-electron chi connectivity index (χ0n) is 11.5. The lowest BCUT2D eigenvalue weighted by atomic mass is 10.2. The lowest BCUT2D eigenvalue weighted by Crippen LogP contribution is -2.14. The van der Waals surface area contributed by atoms with E-state index < -0.39 is 0 Å². The zero-order valence-corrected chi connectivity index (χ0v) is 12.3. The van der Waals surface area contributed by atoms with Crippen molar-refractivity contribution in [1.82, 2.24) is 19.7 Å². The highest BCUT2D eigenvalue weighted by atomic mass is 35.5. The predicted octanol–water partition coefficient (Wildman–Crippen LogP) is 3.13. The van der Waals surface area contributed by atoms with Gasteiger partial charge in [0.25, 0.3) is 5.56 Å². The Balaban J connectivity index is 0.00000144. The number of benzene rings is 2. The molecule has 0 bridgehead atoms. The van der Waals surface area contributed by atoms with Gasteiger partial charge in [-0.1, -0.05) is 42.5 Å². The number of para-hydroxylation sites is 2. The molecule has 0 spiro atoms. The van der Waals surface area contributed by atoms with Gasteiger partial charge in [-0.25, -0.2) is 4.98 Å². The standard InChI is InChI=1S/C16H12N4O.ClH/c21-15-10-14(11-6-2-1-3-7-11)19-20(15)16-17-12-8-4-5-9-13(12)18-16;/h1-10,19H,(H,17,18);1H. The maximum absolute atomic E-state index is 12.2. The molecule has 0 atom stereocenters. The summed E-state index contributed by atoms with van der Waals surface area (Å²) in [4.78, 5) is 19.7. The van der Waals surface area contributed by atoms with Gasteiger partial charge < -0.3 is 4.98 Å². The van der Waals surface area contributed by atoms with Crippen LogP contribution in [0.5, 0.6) is 0 Å². The maximum Gasteiger partial charge on any atom is 0.274 e. The molecule has 6 heteroatoms. The zero-order chi connectivity index (χ0) is 14.2. The van der Waals surface area contributed by atoms with Crippen LogP contribution in [0.2, 0.25) is 0 Å². The molecule has 0 saturated carbocycles. The van der Waals surface area contributed by atoms with Crippen molar-refractivity contribution in [1.29, 1.82) is 0 Å². The van der Waals surface area contributed by atoms with Crippen molar-refractivity contribution >= 4 is 23.4 Å². The van der Waals surface area contributed by atoms with Crippen LogP contribution in [0.4, 0.5) is 0 Å². The third-order valence-corrected chi connectivity index (χ3v) is 3.39. The number of hydrogen-bond donors (Lipinski definition) is 2. The van der Waals surface area contributed by atoms with Crippen LogP contribution >= 0.6 is 12.4 Å². The fourth-order valence-electron chi connectivity index (χ4n) is 2.36. The second-order valence-electron chi connectivity index (χ2n) is 4.79. The SMILES string of the molecule is Cl.O=c1cc(-c2ccccc2)[nH]n1-c1nc2ccccc2[nH]1. The Kier molecular flexibility index (Phi) is 3.56. The van der Waals surface area contributed by atoms with E-state index in [0.717, 1.165) is 22.3 Å². The van der Waals surface area contributed by atoms with Gasteiger partial charge in [0.15, 0.2) is 0 Å². The van der Waals surface area contributed by atoms with Crippen LogP contribution in [0.25, 0.3) is 28.2 Å². The summed E-state index contributed by atoms with van der Waals surface area (Å²) in [5.41, 5.74) is 3.31. The average Bonchev–Trinajstić information content (AvgIpc) is 3.11. The van der Waals surface area contributed by atoms with E-state index in [1.165, 1.54) is 4.68 Å². The second kappa shape index (κ2) is 5.54. The summed E-state index contributed by atoms with van der Waals surface area (Å²) in [7, 11) is 0. The quantitative estimate of drug-likeness (QED) is 0.597. The summed E-state index contributed by atoms with van der Waals surface area (Å²) < 4.78 is 1.42. The van der Waals surface area contributed by atoms with Crippen LogP contribution < -0.4 is 5.56 Å². The molecule has 0 amide bonds. The average molecular weight is 313 g/mol. The van der Waals surface area contributed by atoms with Crippen LogP contribution in [-0.2, 0) is 0 Å². The highest BCUT2D eigenvalue weighted by Crippen LogP contribution is 2.16. The summed E-state index contributed by atoms with van der Waals surface area (Å²) in [6.07, 6.45) is 0. The van der Waals surface area contributed by atoms with Crippen LogP contribution in [0, 0.1) is 0 Å². The Morgan fingerprint density at radius 3 is 2.45 bits per heavy atom. The Hall–Kier alpha value is -2.79. The van der Waals surface area contributed by atoms with Gasteiger partial charge in [-0.2, -0.15) is 4.68 Å². The van der Waals surface area contributed by atoms with Crippen LogP contribution in [0.15, 0.2) is 65.5 Å². The minimum absolute atomic E-state index is 0. The monoisotopic (exact) mass is 312 g/mol. The number of nitrogens with one attached hydrogen (secondary N) is 2. The summed E-state index contributed by atoms with van der Waals surface area (Å²) in [5.74, 6) is 0.489. The summed E-state index contributed by atoms with van der Waals surface area (Å²) >= 11 is 0. The number of fused-ring (bicyclic) bond motifs is 1. The molecule has 0 fully saturated rings. The van der Waals surface area contributed by atoms with Gasteiger partial charge in [-0.15, -0.1) is 12.4 Å². The number of H-pyrrole nitrogens is 2. The first-order chi connectivity index (χ1) is 10.3. The molecule has 4 rings (SSSR count). The van der Waals surface area contributed by atoms with E-state index in [-0.39, 0.29) is 18.0 Å². The summed E-state index contributed by atoms with van der Waals surface area (Å²) in [5, 5.41) is 3.09. The van der Waals surface area contributed by atoms with Gasteiger partial charge in [-0.3, -0.25) is 9.89 Å². The Bertz CT molecular complexity index is 935. The fourth-order valence-corrected chi connectivity index (χ4v) is 2.36. The molecule has 5 nitrogen and oxygen atoms in total. The number of aromatic amines is 2. The van der Waals surface area contributed by atoms with Crippen molar-refractivity contribution < 1.29 is 0 Å². The predicted molar refractivity (Wildman–Crippen MR) is 88.7 cm³/mol. The highest BCUT2D eigenvalue weighted by Gasteiger charge is 2.10. The summed E-state index contributed by atoms with van der Waals surface area (Å²) in [6.45, 7) is 0. The molecule has 0 saturated heterocycles. The van der Waals surface area contributed by atoms with E-state index in [2.05, 4.69) is 15.1 Å². The molecule has 0 aliphatic carbocycles. The highest BCUT2D eigenvalue weighted by molar-refractivity contribution is 5.85. The van der Waals surface area contributed by atoms with E-state index >= 15 is 0 Å². The van der Waals surface area contributed by atoms with Gasteiger partial charge in [0.1, 0.15) is 0 Å². The van der Waals surface area contributed by atoms with Crippen LogP contribution in [-0.4, -0.2) is 19.7 Å². The minimum atomic E-state index is -0.145. The smallest absolute Gasteiger partial charge is 0.274 e. The fraction of sp³-hybridized carbons (Fsp3) is 0. The lowest BCUT2D eigenvalue weighted by molar-refractivity contribution is 0.804. The summed E-state index contributed by atoms with van der Waals surface area (Å²) in [6, 6.07) is 19.0. The number of nitrogens with zero attached hydrogens (tertiary/aromatic N) is 2. The third kappa shape index (κ3) is 2.31. The first-order valence-corrected chi connectivity index (χ1v) is 6.64. The minimum Gasteiger partial charge on any atom is -0.322 e. The molecule has 110 valence electrons. The van der Waals surface area contributed by atoms with E-state index in [9.17, 15) is 4.79 Å². The number of aromatic nitrogens is 4. The molecule has 2 heterocycles. The largest absolute Gasteiger partial charge is 0.322 e. The molecular weight excluding hydrogens is 300 g/mol. The number of imidazole rings is 1. The van der Waals surface area contributed by atoms with E-state index in [0.29, 0.717) is 5.95 Å². The molecule has 0 unspecified atom stereocenters. The van der Waals surface area contributed by atoms with Crippen molar-refractivity contribution in [3.8, 4) is 17.2 Å². The van der Waals surface area contributed by atoms with Gasteiger partial charge in [0.05, 0.1) is 16.7 Å². The van der Waals surface area contributed by atoms with Gasteiger partial charge >= 0.3 is 0 Å². The molecule has 2 N–H and O–H groups in total. The van der Waals surface area contributed by atoms with Crippen LogP contribution in [0.1, 0.15) is 0 Å². The molecule has 22 heavy (non-hydrogen) atoms. The molecule has 4 aromatic rings. The first-order valence-electron chi connectivity index (χ1n) is 6.64. The number of hydrogen-bond acceptors (Lipinski definition) is 2. The van der Waals surface area contributed by atoms with Crippen molar-refractivity contribution in [2.75, 3.05) is 0 Å². The van der Waals surface area contributed by atoms with E-state index in [1.807, 2.05) is 54.6 Å². The second-order valence-corrected chi connectivity index (χ2v) is 4.79. The first kappa shape index (κ1) is 14.2. The van der Waals surface area contributed by atoms with Crippen molar-refractivity contribution in [2.24, 2.45) is 0 Å². The van der Waals surface area contributed by atoms with Gasteiger partial charge in [0.2, 0.25) is 5.95 Å². The molecule has 0 aliphatic heterocycles. The van der Waals surface area contributed by atoms with E-state index in [1.54, 1.807) is 6.07 Å². The molecule has 0 aliphatic rings. The molecular formula is C16H13ClN4O. The normalized spacial score (nSPS) is 10.5. The number of rotatable bonds is 2.